The van der Waals surface area contributed by atoms with E-state index in [1.54, 1.807) is 30.3 Å². The number of carbonyl (C=O) groups is 2. The maximum absolute atomic E-state index is 14.1. The number of benzene rings is 2. The summed E-state index contributed by atoms with van der Waals surface area (Å²) in [5.41, 5.74) is 2.68. The van der Waals surface area contributed by atoms with Crippen molar-refractivity contribution in [2.45, 2.75) is 140 Å². The number of nitrogens with zero attached hydrogens (tertiary/aromatic N) is 3. The van der Waals surface area contributed by atoms with E-state index in [0.29, 0.717) is 55.0 Å². The molecule has 2 amide bonds. The van der Waals surface area contributed by atoms with Crippen LogP contribution in [0.5, 0.6) is 11.5 Å². The van der Waals surface area contributed by atoms with Crippen LogP contribution < -0.4 is 14.8 Å². The lowest BCUT2D eigenvalue weighted by Gasteiger charge is -2.59. The Morgan fingerprint density at radius 3 is 2.29 bits per heavy atom. The average molecular weight is 979 g/mol. The molecule has 2 aliphatic carbocycles. The highest BCUT2D eigenvalue weighted by atomic mass is 16.7. The van der Waals surface area contributed by atoms with Crippen LogP contribution in [0, 0.1) is 27.9 Å². The first-order chi connectivity index (χ1) is 34.2. The van der Waals surface area contributed by atoms with Crippen molar-refractivity contribution >= 4 is 23.6 Å². The van der Waals surface area contributed by atoms with Crippen molar-refractivity contribution in [2.75, 3.05) is 59.8 Å². The first kappa shape index (κ1) is 55.9. The van der Waals surface area contributed by atoms with Gasteiger partial charge in [0.05, 0.1) is 50.1 Å². The van der Waals surface area contributed by atoms with Gasteiger partial charge < -0.3 is 49.2 Å². The van der Waals surface area contributed by atoms with Gasteiger partial charge in [0.1, 0.15) is 24.1 Å². The number of ether oxygens (including phenoxy) is 5. The highest BCUT2D eigenvalue weighted by Gasteiger charge is 2.65. The summed E-state index contributed by atoms with van der Waals surface area (Å²) in [7, 11) is 1.29. The zero-order chi connectivity index (χ0) is 50.1. The third-order valence-corrected chi connectivity index (χ3v) is 13.7. The number of oxime groups is 1. The number of allylic oxidation sites excluding steroid dienone is 1. The largest absolute Gasteiger partial charge is 0.459 e. The minimum absolute atomic E-state index is 0.00758. The van der Waals surface area contributed by atoms with Gasteiger partial charge in [-0.1, -0.05) is 94.9 Å². The molecule has 0 saturated heterocycles. The van der Waals surface area contributed by atoms with E-state index in [0.717, 1.165) is 43.2 Å². The van der Waals surface area contributed by atoms with Crippen LogP contribution in [0.2, 0.25) is 0 Å². The fourth-order valence-corrected chi connectivity index (χ4v) is 10.4. The monoisotopic (exact) mass is 979 g/mol. The normalized spacial score (nSPS) is 21.7. The molecule has 0 bridgehead atoms. The summed E-state index contributed by atoms with van der Waals surface area (Å²) in [6, 6.07) is 10.4. The zero-order valence-electron chi connectivity index (χ0n) is 41.4. The first-order valence-electron chi connectivity index (χ1n) is 25.6. The number of unbranched alkanes of at least 4 members (excludes halogenated alkanes) is 11. The Balaban J connectivity index is 1.57. The molecule has 2 aromatic carbocycles. The standard InChI is InChI=1S/C53H78N4O13/c1-4-6-7-8-9-10-11-12-13-16-27-54-51(61)69-42-25-26-47-45(36-42)49-43(20-15-18-30-59)40(19-14-17-29-58)35-44-46(55-68-38-39-21-23-41(24-22-39)57(63)64)37-48(53(70-47,50(44)49)67-32-5-2)56(52(62)65-3)28-33-66-34-31-60/h5,21-26,35-36,40,43,48-50,58-60H,2,4,6-20,27-34,37-38H2,1,3H3,(H,54,61)/t40-,43+,48-,49+,50+,53+/m0/s1. The summed E-state index contributed by atoms with van der Waals surface area (Å²) in [6.45, 7) is 6.72. The summed E-state index contributed by atoms with van der Waals surface area (Å²) in [4.78, 5) is 45.9. The highest BCUT2D eigenvalue weighted by Crippen LogP contribution is 2.62. The molecule has 0 aromatic heterocycles. The number of nitro benzene ring substituents is 1. The first-order valence-corrected chi connectivity index (χ1v) is 25.6. The van der Waals surface area contributed by atoms with Crippen LogP contribution in [0.3, 0.4) is 0 Å². The molecule has 4 N–H and O–H groups in total. The van der Waals surface area contributed by atoms with E-state index in [4.69, 9.17) is 33.7 Å². The lowest BCUT2D eigenvalue weighted by atomic mass is 9.55. The molecule has 5 rings (SSSR count). The van der Waals surface area contributed by atoms with Crippen LogP contribution in [0.15, 0.2) is 71.9 Å². The summed E-state index contributed by atoms with van der Waals surface area (Å²) in [6.07, 6.45) is 18.6. The van der Waals surface area contributed by atoms with E-state index >= 15 is 0 Å². The van der Waals surface area contributed by atoms with Crippen molar-refractivity contribution in [1.82, 2.24) is 10.2 Å². The maximum atomic E-state index is 14.1. The fraction of sp³-hybridized carbons (Fsp3) is 0.642. The Morgan fingerprint density at radius 1 is 0.929 bits per heavy atom. The number of amides is 2. The quantitative estimate of drug-likeness (QED) is 0.0227. The van der Waals surface area contributed by atoms with Crippen molar-refractivity contribution in [2.24, 2.45) is 22.9 Å². The Kier molecular flexibility index (Phi) is 23.9. The number of hydrogen-bond acceptors (Lipinski definition) is 14. The van der Waals surface area contributed by atoms with Crippen LogP contribution in [0.1, 0.15) is 133 Å². The minimum atomic E-state index is -1.58. The van der Waals surface area contributed by atoms with Crippen molar-refractivity contribution in [3.05, 3.63) is 88.0 Å². The Morgan fingerprint density at radius 2 is 1.63 bits per heavy atom. The van der Waals surface area contributed by atoms with Gasteiger partial charge in [-0.15, -0.1) is 6.58 Å². The Bertz CT molecular complexity index is 2000. The lowest BCUT2D eigenvalue weighted by Crippen LogP contribution is -2.70. The number of nitrogens with one attached hydrogen (secondary N) is 1. The van der Waals surface area contributed by atoms with Crippen LogP contribution in [0.4, 0.5) is 15.3 Å². The number of hydrogen-bond donors (Lipinski definition) is 4. The lowest BCUT2D eigenvalue weighted by molar-refractivity contribution is -0.384. The molecule has 1 heterocycles. The van der Waals surface area contributed by atoms with E-state index in [9.17, 15) is 35.0 Å². The fourth-order valence-electron chi connectivity index (χ4n) is 10.4. The van der Waals surface area contributed by atoms with E-state index in [-0.39, 0.29) is 76.7 Å². The van der Waals surface area contributed by atoms with Crippen LogP contribution in [-0.4, -0.2) is 115 Å². The minimum Gasteiger partial charge on any atom is -0.459 e. The molecular weight excluding hydrogens is 901 g/mol. The van der Waals surface area contributed by atoms with Gasteiger partial charge in [-0.25, -0.2) is 9.59 Å². The van der Waals surface area contributed by atoms with Crippen molar-refractivity contribution < 1.29 is 58.4 Å². The van der Waals surface area contributed by atoms with Crippen molar-refractivity contribution in [1.29, 1.82) is 0 Å². The molecule has 388 valence electrons. The van der Waals surface area contributed by atoms with E-state index in [1.165, 1.54) is 69.1 Å². The predicted octanol–water partition coefficient (Wildman–Crippen LogP) is 9.52. The van der Waals surface area contributed by atoms with Gasteiger partial charge in [0.25, 0.3) is 5.69 Å². The van der Waals surface area contributed by atoms with Crippen LogP contribution >= 0.6 is 0 Å². The molecule has 17 heteroatoms. The second-order valence-electron chi connectivity index (χ2n) is 18.5. The topological polar surface area (TPSA) is 221 Å². The van der Waals surface area contributed by atoms with Crippen LogP contribution in [-0.2, 0) is 25.7 Å². The SMILES string of the molecule is C=CCO[C@@]12Oc3ccc(OC(=O)NCCCCCCCCCCCC)cc3[C@H]3[C@H](CCCCO)[C@@H](CCCCO)C=C(C(=NOCc4ccc([N+](=O)[O-])cc4)C[C@@H]1N(CCOCCO)C(=O)OC)[C@H]32. The molecule has 1 aliphatic heterocycles. The Hall–Kier alpha value is -5.07. The number of rotatable bonds is 33. The van der Waals surface area contributed by atoms with Gasteiger partial charge >= 0.3 is 12.2 Å². The summed E-state index contributed by atoms with van der Waals surface area (Å²) < 4.78 is 31.3. The summed E-state index contributed by atoms with van der Waals surface area (Å²) in [5, 5.41) is 48.5. The average Bonchev–Trinajstić information content (AvgIpc) is 3.36. The molecule has 0 unspecified atom stereocenters. The number of aliphatic hydroxyl groups excluding tert-OH is 3. The molecule has 6 atom stereocenters. The zero-order valence-corrected chi connectivity index (χ0v) is 41.4. The summed E-state index contributed by atoms with van der Waals surface area (Å²) >= 11 is 0. The molecule has 1 fully saturated rings. The van der Waals surface area contributed by atoms with Crippen molar-refractivity contribution in [3.63, 3.8) is 0 Å². The molecule has 0 spiro atoms. The number of methoxy groups -OCH3 is 1. The maximum Gasteiger partial charge on any atom is 0.412 e. The molecule has 17 nitrogen and oxygen atoms in total. The predicted molar refractivity (Wildman–Crippen MR) is 266 cm³/mol. The number of nitro groups is 1. The second kappa shape index (κ2) is 30.0. The van der Waals surface area contributed by atoms with Gasteiger partial charge in [-0.05, 0) is 85.4 Å². The number of fused-ring (bicyclic) bond motifs is 2. The van der Waals surface area contributed by atoms with Gasteiger partial charge in [-0.2, -0.15) is 0 Å². The van der Waals surface area contributed by atoms with Gasteiger partial charge in [0, 0.05) is 56.3 Å². The number of aliphatic hydroxyl groups is 3. The van der Waals surface area contributed by atoms with Crippen LogP contribution in [0.25, 0.3) is 0 Å². The second-order valence-corrected chi connectivity index (χ2v) is 18.5. The number of non-ortho nitro benzene ring substituents is 1. The third kappa shape index (κ3) is 15.5. The molecule has 70 heavy (non-hydrogen) atoms. The van der Waals surface area contributed by atoms with Crippen molar-refractivity contribution in [3.8, 4) is 11.5 Å². The Labute approximate surface area is 413 Å². The van der Waals surface area contributed by atoms with Gasteiger partial charge in [-0.3, -0.25) is 15.0 Å². The summed E-state index contributed by atoms with van der Waals surface area (Å²) in [5.74, 6) is -1.97. The smallest absolute Gasteiger partial charge is 0.412 e. The van der Waals surface area contributed by atoms with E-state index in [2.05, 4.69) is 24.9 Å². The van der Waals surface area contributed by atoms with Gasteiger partial charge in [0.2, 0.25) is 5.79 Å². The van der Waals surface area contributed by atoms with E-state index < -0.39 is 40.8 Å². The molecule has 0 radical (unpaired) electrons. The number of carbonyl (C=O) groups excluding carboxylic acids is 2. The molecular formula is C53H78N4O13. The highest BCUT2D eigenvalue weighted by molar-refractivity contribution is 6.03. The molecule has 1 saturated carbocycles. The van der Waals surface area contributed by atoms with Gasteiger partial charge in [0.15, 0.2) is 0 Å². The molecule has 2 aromatic rings. The third-order valence-electron chi connectivity index (χ3n) is 13.7. The molecule has 3 aliphatic rings. The van der Waals surface area contributed by atoms with E-state index in [1.807, 2.05) is 6.07 Å².